The normalized spacial score (nSPS) is 18.5. The van der Waals surface area contributed by atoms with E-state index in [0.717, 1.165) is 26.2 Å². The smallest absolute Gasteiger partial charge is 0.0491 e. The fourth-order valence-electron chi connectivity index (χ4n) is 3.50. The Morgan fingerprint density at radius 1 is 1.22 bits per heavy atom. The first-order valence-electron chi connectivity index (χ1n) is 8.06. The highest BCUT2D eigenvalue weighted by molar-refractivity contribution is 5.85. The third-order valence-corrected chi connectivity index (χ3v) is 4.63. The lowest BCUT2D eigenvalue weighted by atomic mass is 9.97. The van der Waals surface area contributed by atoms with Gasteiger partial charge in [0.1, 0.15) is 0 Å². The van der Waals surface area contributed by atoms with Crippen LogP contribution in [0.1, 0.15) is 33.9 Å². The summed E-state index contributed by atoms with van der Waals surface area (Å²) in [6, 6.07) is 9.21. The molecule has 1 aromatic carbocycles. The molecule has 1 aliphatic rings. The minimum atomic E-state index is 0. The van der Waals surface area contributed by atoms with Crippen molar-refractivity contribution in [1.82, 2.24) is 15.2 Å². The number of benzene rings is 1. The molecular formula is C19H26ClN3. The predicted molar refractivity (Wildman–Crippen MR) is 98.2 cm³/mol. The van der Waals surface area contributed by atoms with Crippen LogP contribution in [0.4, 0.5) is 0 Å². The lowest BCUT2D eigenvalue weighted by Crippen LogP contribution is -2.45. The van der Waals surface area contributed by atoms with Gasteiger partial charge in [-0.05, 0) is 49.1 Å². The zero-order valence-electron chi connectivity index (χ0n) is 14.2. The van der Waals surface area contributed by atoms with Crippen molar-refractivity contribution < 1.29 is 0 Å². The molecule has 1 N–H and O–H groups in total. The van der Waals surface area contributed by atoms with Crippen LogP contribution < -0.4 is 5.32 Å². The van der Waals surface area contributed by atoms with Gasteiger partial charge in [0.05, 0.1) is 0 Å². The highest BCUT2D eigenvalue weighted by Crippen LogP contribution is 2.26. The van der Waals surface area contributed by atoms with E-state index >= 15 is 0 Å². The Labute approximate surface area is 145 Å². The van der Waals surface area contributed by atoms with Crippen molar-refractivity contribution in [1.29, 1.82) is 0 Å². The van der Waals surface area contributed by atoms with E-state index in [9.17, 15) is 0 Å². The largest absolute Gasteiger partial charge is 0.314 e. The highest BCUT2D eigenvalue weighted by atomic mass is 35.5. The van der Waals surface area contributed by atoms with Crippen LogP contribution in [0.15, 0.2) is 36.7 Å². The SMILES string of the molecule is Cc1cc(C)c(CN2CCNCC2c2cccnc2)c(C)c1.Cl. The molecule has 0 aliphatic carbocycles. The molecule has 4 heteroatoms. The third kappa shape index (κ3) is 4.11. The Morgan fingerprint density at radius 2 is 1.96 bits per heavy atom. The van der Waals surface area contributed by atoms with Gasteiger partial charge in [0.25, 0.3) is 0 Å². The van der Waals surface area contributed by atoms with E-state index in [4.69, 9.17) is 0 Å². The summed E-state index contributed by atoms with van der Waals surface area (Å²) in [4.78, 5) is 6.88. The predicted octanol–water partition coefficient (Wildman–Crippen LogP) is 3.58. The molecule has 1 aromatic heterocycles. The number of hydrogen-bond donors (Lipinski definition) is 1. The van der Waals surface area contributed by atoms with Gasteiger partial charge in [0.2, 0.25) is 0 Å². The van der Waals surface area contributed by atoms with Crippen LogP contribution in [0.25, 0.3) is 0 Å². The van der Waals surface area contributed by atoms with Gasteiger partial charge < -0.3 is 5.32 Å². The van der Waals surface area contributed by atoms with Gasteiger partial charge in [0.15, 0.2) is 0 Å². The van der Waals surface area contributed by atoms with E-state index in [2.05, 4.69) is 54.2 Å². The number of nitrogens with one attached hydrogen (secondary N) is 1. The number of hydrogen-bond acceptors (Lipinski definition) is 3. The molecule has 0 spiro atoms. The number of aromatic nitrogens is 1. The van der Waals surface area contributed by atoms with E-state index in [0.29, 0.717) is 6.04 Å². The van der Waals surface area contributed by atoms with Gasteiger partial charge in [-0.15, -0.1) is 12.4 Å². The fourth-order valence-corrected chi connectivity index (χ4v) is 3.50. The molecule has 1 aliphatic heterocycles. The van der Waals surface area contributed by atoms with Crippen molar-refractivity contribution >= 4 is 12.4 Å². The van der Waals surface area contributed by atoms with E-state index < -0.39 is 0 Å². The molecular weight excluding hydrogens is 306 g/mol. The maximum absolute atomic E-state index is 4.29. The van der Waals surface area contributed by atoms with Crippen LogP contribution in [0.5, 0.6) is 0 Å². The molecule has 1 atom stereocenters. The van der Waals surface area contributed by atoms with Crippen molar-refractivity contribution in [2.45, 2.75) is 33.4 Å². The molecule has 3 nitrogen and oxygen atoms in total. The monoisotopic (exact) mass is 331 g/mol. The Bertz CT molecular complexity index is 619. The Morgan fingerprint density at radius 3 is 2.61 bits per heavy atom. The molecule has 0 radical (unpaired) electrons. The highest BCUT2D eigenvalue weighted by Gasteiger charge is 2.24. The fraction of sp³-hybridized carbons (Fsp3) is 0.421. The van der Waals surface area contributed by atoms with Gasteiger partial charge in [-0.25, -0.2) is 0 Å². The molecule has 2 heterocycles. The second kappa shape index (κ2) is 7.91. The zero-order valence-corrected chi connectivity index (χ0v) is 15.0. The maximum atomic E-state index is 4.29. The van der Waals surface area contributed by atoms with E-state index in [1.165, 1.54) is 27.8 Å². The van der Waals surface area contributed by atoms with Gasteiger partial charge in [0, 0.05) is 44.6 Å². The summed E-state index contributed by atoms with van der Waals surface area (Å²) in [5.74, 6) is 0. The summed E-state index contributed by atoms with van der Waals surface area (Å²) in [5.41, 5.74) is 6.93. The van der Waals surface area contributed by atoms with Crippen molar-refractivity contribution in [3.05, 3.63) is 64.5 Å². The van der Waals surface area contributed by atoms with Crippen molar-refractivity contribution in [3.63, 3.8) is 0 Å². The summed E-state index contributed by atoms with van der Waals surface area (Å²) < 4.78 is 0. The van der Waals surface area contributed by atoms with E-state index in [1.54, 1.807) is 0 Å². The van der Waals surface area contributed by atoms with Gasteiger partial charge in [-0.1, -0.05) is 23.8 Å². The summed E-state index contributed by atoms with van der Waals surface area (Å²) in [6.07, 6.45) is 3.85. The Kier molecular flexibility index (Phi) is 6.17. The number of piperazine rings is 1. The lowest BCUT2D eigenvalue weighted by Gasteiger charge is -2.37. The van der Waals surface area contributed by atoms with Gasteiger partial charge in [-0.2, -0.15) is 0 Å². The second-order valence-electron chi connectivity index (χ2n) is 6.35. The molecule has 1 unspecified atom stereocenters. The average molecular weight is 332 g/mol. The minimum Gasteiger partial charge on any atom is -0.314 e. The second-order valence-corrected chi connectivity index (χ2v) is 6.35. The molecule has 23 heavy (non-hydrogen) atoms. The number of rotatable bonds is 3. The molecule has 1 fully saturated rings. The number of halogens is 1. The standard InChI is InChI=1S/C19H25N3.ClH/c1-14-9-15(2)18(16(3)10-14)13-22-8-7-21-12-19(22)17-5-4-6-20-11-17;/h4-6,9-11,19,21H,7-8,12-13H2,1-3H3;1H. The number of aryl methyl sites for hydroxylation is 3. The molecule has 124 valence electrons. The molecule has 0 saturated carbocycles. The molecule has 0 bridgehead atoms. The van der Waals surface area contributed by atoms with Crippen LogP contribution in [0, 0.1) is 20.8 Å². The van der Waals surface area contributed by atoms with Crippen molar-refractivity contribution in [2.24, 2.45) is 0 Å². The third-order valence-electron chi connectivity index (χ3n) is 4.63. The van der Waals surface area contributed by atoms with Crippen LogP contribution >= 0.6 is 12.4 Å². The van der Waals surface area contributed by atoms with Gasteiger partial charge in [-0.3, -0.25) is 9.88 Å². The first-order chi connectivity index (χ1) is 10.6. The van der Waals surface area contributed by atoms with Crippen molar-refractivity contribution in [3.8, 4) is 0 Å². The number of pyridine rings is 1. The first kappa shape index (κ1) is 17.9. The Balaban J connectivity index is 0.00000192. The van der Waals surface area contributed by atoms with E-state index in [-0.39, 0.29) is 12.4 Å². The average Bonchev–Trinajstić information content (AvgIpc) is 2.52. The summed E-state index contributed by atoms with van der Waals surface area (Å²) in [5, 5.41) is 3.52. The van der Waals surface area contributed by atoms with Crippen LogP contribution in [-0.2, 0) is 6.54 Å². The summed E-state index contributed by atoms with van der Waals surface area (Å²) in [7, 11) is 0. The van der Waals surface area contributed by atoms with E-state index in [1.807, 2.05) is 18.5 Å². The lowest BCUT2D eigenvalue weighted by molar-refractivity contribution is 0.153. The van der Waals surface area contributed by atoms with Gasteiger partial charge >= 0.3 is 0 Å². The van der Waals surface area contributed by atoms with Crippen molar-refractivity contribution in [2.75, 3.05) is 19.6 Å². The molecule has 2 aromatic rings. The Hall–Kier alpha value is -1.42. The molecule has 3 rings (SSSR count). The molecule has 0 amide bonds. The number of nitrogens with zero attached hydrogens (tertiary/aromatic N) is 2. The van der Waals surface area contributed by atoms with Crippen LogP contribution in [-0.4, -0.2) is 29.5 Å². The summed E-state index contributed by atoms with van der Waals surface area (Å²) in [6.45, 7) is 10.8. The first-order valence-corrected chi connectivity index (χ1v) is 8.06. The maximum Gasteiger partial charge on any atom is 0.0491 e. The minimum absolute atomic E-state index is 0. The van der Waals surface area contributed by atoms with Crippen LogP contribution in [0.2, 0.25) is 0 Å². The molecule has 1 saturated heterocycles. The van der Waals surface area contributed by atoms with Crippen LogP contribution in [0.3, 0.4) is 0 Å². The summed E-state index contributed by atoms with van der Waals surface area (Å²) >= 11 is 0. The topological polar surface area (TPSA) is 28.2 Å². The zero-order chi connectivity index (χ0) is 15.5. The quantitative estimate of drug-likeness (QED) is 0.931.